The Morgan fingerprint density at radius 2 is 1.96 bits per heavy atom. The number of hydrogen-bond donors (Lipinski definition) is 0. The minimum atomic E-state index is -0.756. The molecule has 0 fully saturated rings. The molecule has 23 heavy (non-hydrogen) atoms. The summed E-state index contributed by atoms with van der Waals surface area (Å²) < 4.78 is 10.3. The molecule has 0 saturated carbocycles. The largest absolute Gasteiger partial charge is 0.466 e. The standard InChI is InChI=1S/C16H12ClN3O3/c1-22-16(21)14(19-20-18)10-11-6-5-9-13(17)15(11)23-12-7-3-2-4-8-12/h2-10H,1H3/b14-10+. The van der Waals surface area contributed by atoms with E-state index >= 15 is 0 Å². The number of nitrogens with zero attached hydrogens (tertiary/aromatic N) is 3. The number of hydrogen-bond acceptors (Lipinski definition) is 4. The number of benzene rings is 2. The quantitative estimate of drug-likeness (QED) is 0.255. The number of ether oxygens (including phenoxy) is 2. The van der Waals surface area contributed by atoms with Crippen molar-refractivity contribution < 1.29 is 14.3 Å². The van der Waals surface area contributed by atoms with E-state index in [-0.39, 0.29) is 5.70 Å². The van der Waals surface area contributed by atoms with Crippen LogP contribution in [0, 0.1) is 0 Å². The number of halogens is 1. The number of para-hydroxylation sites is 2. The van der Waals surface area contributed by atoms with Gasteiger partial charge in [0.1, 0.15) is 11.4 Å². The van der Waals surface area contributed by atoms with E-state index in [0.29, 0.717) is 22.1 Å². The van der Waals surface area contributed by atoms with E-state index in [1.165, 1.54) is 13.2 Å². The first-order valence-corrected chi connectivity index (χ1v) is 6.90. The highest BCUT2D eigenvalue weighted by atomic mass is 35.5. The maximum Gasteiger partial charge on any atom is 0.340 e. The van der Waals surface area contributed by atoms with Crippen LogP contribution in [0.25, 0.3) is 16.5 Å². The van der Waals surface area contributed by atoms with Gasteiger partial charge in [0.2, 0.25) is 0 Å². The maximum atomic E-state index is 11.6. The topological polar surface area (TPSA) is 84.3 Å². The molecule has 2 rings (SSSR count). The summed E-state index contributed by atoms with van der Waals surface area (Å²) in [6.45, 7) is 0. The van der Waals surface area contributed by atoms with Gasteiger partial charge >= 0.3 is 5.97 Å². The van der Waals surface area contributed by atoms with Gasteiger partial charge in [-0.05, 0) is 29.8 Å². The zero-order chi connectivity index (χ0) is 16.7. The van der Waals surface area contributed by atoms with Crippen molar-refractivity contribution in [2.24, 2.45) is 5.11 Å². The highest BCUT2D eigenvalue weighted by molar-refractivity contribution is 6.32. The molecule has 0 amide bonds. The smallest absolute Gasteiger partial charge is 0.340 e. The zero-order valence-corrected chi connectivity index (χ0v) is 12.9. The monoisotopic (exact) mass is 329 g/mol. The van der Waals surface area contributed by atoms with Gasteiger partial charge in [0.05, 0.1) is 12.1 Å². The maximum absolute atomic E-state index is 11.6. The van der Waals surface area contributed by atoms with Gasteiger partial charge in [0, 0.05) is 10.5 Å². The Morgan fingerprint density at radius 1 is 1.22 bits per heavy atom. The van der Waals surface area contributed by atoms with Gasteiger partial charge in [-0.2, -0.15) is 0 Å². The van der Waals surface area contributed by atoms with Crippen molar-refractivity contribution >= 4 is 23.6 Å². The van der Waals surface area contributed by atoms with Crippen molar-refractivity contribution in [3.8, 4) is 11.5 Å². The fourth-order valence-corrected chi connectivity index (χ4v) is 2.00. The lowest BCUT2D eigenvalue weighted by Crippen LogP contribution is -2.02. The Hall–Kier alpha value is -2.95. The average Bonchev–Trinajstić information content (AvgIpc) is 2.57. The third-order valence-corrected chi connectivity index (χ3v) is 3.10. The first-order valence-electron chi connectivity index (χ1n) is 6.52. The van der Waals surface area contributed by atoms with Crippen LogP contribution in [0.1, 0.15) is 5.56 Å². The lowest BCUT2D eigenvalue weighted by atomic mass is 10.1. The number of carbonyl (C=O) groups excluding carboxylic acids is 1. The van der Waals surface area contributed by atoms with Crippen LogP contribution in [0.15, 0.2) is 59.3 Å². The Morgan fingerprint density at radius 3 is 2.61 bits per heavy atom. The van der Waals surface area contributed by atoms with E-state index < -0.39 is 5.97 Å². The van der Waals surface area contributed by atoms with Crippen molar-refractivity contribution in [3.05, 3.63) is 75.3 Å². The van der Waals surface area contributed by atoms with E-state index in [9.17, 15) is 4.79 Å². The molecule has 6 nitrogen and oxygen atoms in total. The predicted octanol–water partition coefficient (Wildman–Crippen LogP) is 4.96. The van der Waals surface area contributed by atoms with Gasteiger partial charge in [0.15, 0.2) is 5.75 Å². The highest BCUT2D eigenvalue weighted by Gasteiger charge is 2.12. The molecular formula is C16H12ClN3O3. The average molecular weight is 330 g/mol. The number of esters is 1. The zero-order valence-electron chi connectivity index (χ0n) is 12.1. The summed E-state index contributed by atoms with van der Waals surface area (Å²) in [7, 11) is 1.20. The predicted molar refractivity (Wildman–Crippen MR) is 87.1 cm³/mol. The molecule has 0 atom stereocenters. The molecule has 0 heterocycles. The molecule has 0 saturated heterocycles. The van der Waals surface area contributed by atoms with Crippen LogP contribution in [0.3, 0.4) is 0 Å². The summed E-state index contributed by atoms with van der Waals surface area (Å²) in [6, 6.07) is 14.1. The van der Waals surface area contributed by atoms with Crippen molar-refractivity contribution in [1.29, 1.82) is 0 Å². The first-order chi connectivity index (χ1) is 11.2. The van der Waals surface area contributed by atoms with Crippen LogP contribution in [-0.2, 0) is 9.53 Å². The van der Waals surface area contributed by atoms with Crippen LogP contribution in [0.2, 0.25) is 5.02 Å². The lowest BCUT2D eigenvalue weighted by Gasteiger charge is -2.11. The molecule has 116 valence electrons. The molecule has 0 aromatic heterocycles. The van der Waals surface area contributed by atoms with Crippen molar-refractivity contribution in [2.45, 2.75) is 0 Å². The summed E-state index contributed by atoms with van der Waals surface area (Å²) >= 11 is 6.18. The van der Waals surface area contributed by atoms with Crippen molar-refractivity contribution in [2.75, 3.05) is 7.11 Å². The second-order valence-electron chi connectivity index (χ2n) is 4.28. The third-order valence-electron chi connectivity index (χ3n) is 2.80. The second kappa shape index (κ2) is 7.89. The van der Waals surface area contributed by atoms with E-state index in [1.807, 2.05) is 18.2 Å². The number of azide groups is 1. The Bertz CT molecular complexity index is 784. The van der Waals surface area contributed by atoms with E-state index in [1.54, 1.807) is 30.3 Å². The van der Waals surface area contributed by atoms with Crippen LogP contribution in [0.5, 0.6) is 11.5 Å². The fourth-order valence-electron chi connectivity index (χ4n) is 1.78. The van der Waals surface area contributed by atoms with E-state index in [4.69, 9.17) is 21.9 Å². The van der Waals surface area contributed by atoms with Gasteiger partial charge in [-0.15, -0.1) is 0 Å². The van der Waals surface area contributed by atoms with Gasteiger partial charge < -0.3 is 9.47 Å². The molecule has 0 spiro atoms. The number of carbonyl (C=O) groups is 1. The van der Waals surface area contributed by atoms with Gasteiger partial charge in [0.25, 0.3) is 0 Å². The molecule has 0 radical (unpaired) electrons. The SMILES string of the molecule is COC(=O)/C(=C\c1cccc(Cl)c1Oc1ccccc1)N=[N+]=[N-]. The molecule has 2 aromatic carbocycles. The van der Waals surface area contributed by atoms with Crippen molar-refractivity contribution in [3.63, 3.8) is 0 Å². The summed E-state index contributed by atoms with van der Waals surface area (Å²) in [5.74, 6) is 0.169. The Balaban J connectivity index is 2.48. The summed E-state index contributed by atoms with van der Waals surface area (Å²) in [6.07, 6.45) is 1.36. The second-order valence-corrected chi connectivity index (χ2v) is 4.69. The molecule has 7 heteroatoms. The number of methoxy groups -OCH3 is 1. The molecule has 2 aromatic rings. The first kappa shape index (κ1) is 16.4. The summed E-state index contributed by atoms with van der Waals surface area (Å²) in [5.41, 5.74) is 8.85. The minimum absolute atomic E-state index is 0.199. The highest BCUT2D eigenvalue weighted by Crippen LogP contribution is 2.34. The van der Waals surface area contributed by atoms with E-state index in [2.05, 4.69) is 14.8 Å². The van der Waals surface area contributed by atoms with Crippen LogP contribution < -0.4 is 4.74 Å². The number of rotatable bonds is 5. The molecule has 0 N–H and O–H groups in total. The molecule has 0 bridgehead atoms. The molecule has 0 aliphatic rings. The van der Waals surface area contributed by atoms with Gasteiger partial charge in [-0.1, -0.05) is 47.0 Å². The van der Waals surface area contributed by atoms with Crippen LogP contribution in [0.4, 0.5) is 0 Å². The van der Waals surface area contributed by atoms with Crippen molar-refractivity contribution in [1.82, 2.24) is 0 Å². The molecule has 0 aliphatic heterocycles. The Labute approximate surface area is 137 Å². The van der Waals surface area contributed by atoms with Crippen LogP contribution >= 0.6 is 11.6 Å². The lowest BCUT2D eigenvalue weighted by molar-refractivity contribution is -0.136. The minimum Gasteiger partial charge on any atom is -0.466 e. The Kier molecular flexibility index (Phi) is 5.63. The normalized spacial score (nSPS) is 10.6. The summed E-state index contributed by atoms with van der Waals surface area (Å²) in [5, 5.41) is 3.69. The van der Waals surface area contributed by atoms with Crippen LogP contribution in [-0.4, -0.2) is 13.1 Å². The fraction of sp³-hybridized carbons (Fsp3) is 0.0625. The van der Waals surface area contributed by atoms with Gasteiger partial charge in [-0.25, -0.2) is 4.79 Å². The molecule has 0 aliphatic carbocycles. The van der Waals surface area contributed by atoms with E-state index in [0.717, 1.165) is 0 Å². The molecular weight excluding hydrogens is 318 g/mol. The molecule has 0 unspecified atom stereocenters. The summed E-state index contributed by atoms with van der Waals surface area (Å²) in [4.78, 5) is 14.3. The third kappa shape index (κ3) is 4.26. The van der Waals surface area contributed by atoms with Gasteiger partial charge in [-0.3, -0.25) is 0 Å².